The van der Waals surface area contributed by atoms with Crippen LogP contribution in [0.4, 0.5) is 0 Å². The molecule has 16 heteroatoms. The Labute approximate surface area is 118 Å². The Morgan fingerprint density at radius 3 is 0.550 bits per heavy atom. The van der Waals surface area contributed by atoms with E-state index in [1.807, 2.05) is 0 Å². The lowest BCUT2D eigenvalue weighted by atomic mass is 10.4. The van der Waals surface area contributed by atoms with Crippen LogP contribution < -0.4 is 0 Å². The van der Waals surface area contributed by atoms with Crippen LogP contribution in [0.3, 0.4) is 0 Å². The Hall–Kier alpha value is 0.0800. The van der Waals surface area contributed by atoms with Gasteiger partial charge in [-0.05, 0) is 0 Å². The van der Waals surface area contributed by atoms with E-state index in [4.69, 9.17) is 57.4 Å². The van der Waals surface area contributed by atoms with Crippen molar-refractivity contribution in [1.82, 2.24) is 0 Å². The molecule has 0 fully saturated rings. The maximum Gasteiger partial charge on any atom is 0.692 e. The van der Waals surface area contributed by atoms with Crippen LogP contribution in [-0.4, -0.2) is 39.1 Å². The summed E-state index contributed by atoms with van der Waals surface area (Å²) in [6.45, 7) is 4.36. The molecular weight excluding hydrogens is 364 g/mol. The van der Waals surface area contributed by atoms with Gasteiger partial charge >= 0.3 is 33.0 Å². The quantitative estimate of drug-likeness (QED) is 0.287. The second-order valence-electron chi connectivity index (χ2n) is 2.01. The monoisotopic (exact) mass is 382 g/mol. The van der Waals surface area contributed by atoms with E-state index < -0.39 is 33.0 Å². The zero-order valence-corrected chi connectivity index (χ0v) is 14.0. The molecule has 8 N–H and O–H groups in total. The van der Waals surface area contributed by atoms with E-state index in [1.165, 1.54) is 12.8 Å². The summed E-state index contributed by atoms with van der Waals surface area (Å²) in [5.41, 5.74) is 0. The second kappa shape index (κ2) is 31.5. The van der Waals surface area contributed by atoms with Gasteiger partial charge in [0.25, 0.3) is 0 Å². The highest BCUT2D eigenvalue weighted by Gasteiger charge is 1.94. The van der Waals surface area contributed by atoms with E-state index >= 15 is 0 Å². The average Bonchev–Trinajstić information content (AvgIpc) is 2.13. The molecule has 0 atom stereocenters. The molecule has 0 amide bonds. The minimum Gasteiger partial charge on any atom is -0.134 e. The first-order chi connectivity index (χ1) is 8.84. The molecule has 0 bridgehead atoms. The Balaban J connectivity index is -0.0000000469. The highest BCUT2D eigenvalue weighted by molar-refractivity contribution is 7.31. The summed E-state index contributed by atoms with van der Waals surface area (Å²) in [6, 6.07) is 0. The van der Waals surface area contributed by atoms with Gasteiger partial charge in [-0.15, -0.1) is 39.1 Å². The molecule has 0 aliphatic heterocycles. The first kappa shape index (κ1) is 32.1. The van der Waals surface area contributed by atoms with Gasteiger partial charge in [-0.1, -0.05) is 26.7 Å². The molecular formula is C4H18O12P4+4. The zero-order valence-electron chi connectivity index (χ0n) is 10.4. The van der Waals surface area contributed by atoms with Crippen molar-refractivity contribution in [2.24, 2.45) is 0 Å². The van der Waals surface area contributed by atoms with Gasteiger partial charge < -0.3 is 0 Å². The summed E-state index contributed by atoms with van der Waals surface area (Å²) in [4.78, 5) is 57.0. The Kier molecular flexibility index (Phi) is 50.6. The van der Waals surface area contributed by atoms with Gasteiger partial charge in [-0.25, -0.2) is 0 Å². The fourth-order valence-electron chi connectivity index (χ4n) is 0. The summed E-state index contributed by atoms with van der Waals surface area (Å²) < 4.78 is 34.8. The molecule has 0 rings (SSSR count). The minimum atomic E-state index is -2.87. The molecule has 0 unspecified atom stereocenters. The fraction of sp³-hybridized carbons (Fsp3) is 1.00. The minimum absolute atomic E-state index is 1.32. The summed E-state index contributed by atoms with van der Waals surface area (Å²) in [6.07, 6.45) is 2.64. The number of hydrogen-bond donors (Lipinski definition) is 8. The molecule has 122 valence electrons. The van der Waals surface area contributed by atoms with Crippen molar-refractivity contribution in [1.29, 1.82) is 0 Å². The molecule has 0 spiro atoms. The van der Waals surface area contributed by atoms with Crippen molar-refractivity contribution in [2.75, 3.05) is 0 Å². The van der Waals surface area contributed by atoms with E-state index in [-0.39, 0.29) is 0 Å². The molecule has 0 saturated heterocycles. The van der Waals surface area contributed by atoms with Crippen LogP contribution in [0.2, 0.25) is 0 Å². The molecule has 0 aromatic heterocycles. The predicted molar refractivity (Wildman–Crippen MR) is 68.8 cm³/mol. The molecule has 0 aliphatic rings. The lowest BCUT2D eigenvalue weighted by molar-refractivity contribution is 0.403. The van der Waals surface area contributed by atoms with Crippen LogP contribution in [0.15, 0.2) is 0 Å². The molecule has 0 saturated carbocycles. The Bertz CT molecular complexity index is 190. The van der Waals surface area contributed by atoms with Crippen LogP contribution in [0, 0.1) is 0 Å². The predicted octanol–water partition coefficient (Wildman–Crippen LogP) is 0.320. The van der Waals surface area contributed by atoms with Gasteiger partial charge in [-0.2, -0.15) is 0 Å². The fourth-order valence-corrected chi connectivity index (χ4v) is 0. The molecule has 20 heavy (non-hydrogen) atoms. The van der Waals surface area contributed by atoms with E-state index in [2.05, 4.69) is 13.8 Å². The van der Waals surface area contributed by atoms with Gasteiger partial charge in [0, 0.05) is 18.3 Å². The molecule has 0 aromatic rings. The van der Waals surface area contributed by atoms with E-state index in [0.717, 1.165) is 0 Å². The first-order valence-corrected chi connectivity index (χ1v) is 8.91. The van der Waals surface area contributed by atoms with Crippen LogP contribution >= 0.6 is 33.0 Å². The van der Waals surface area contributed by atoms with E-state index in [0.29, 0.717) is 0 Å². The molecule has 0 heterocycles. The molecule has 0 radical (unpaired) electrons. The smallest absolute Gasteiger partial charge is 0.134 e. The summed E-state index contributed by atoms with van der Waals surface area (Å²) >= 11 is 0. The highest BCUT2D eigenvalue weighted by Crippen LogP contribution is 1.99. The zero-order chi connectivity index (χ0) is 17.7. The third-order valence-corrected chi connectivity index (χ3v) is 0.500. The standard InChI is InChI=1S/C4H10.4HO3P/c1-3-4-2;4*1-4(2)3/h3-4H2,1-2H3;4*(H-,1,2,3)/p+4. The first-order valence-electron chi connectivity index (χ1n) is 4.24. The van der Waals surface area contributed by atoms with Crippen molar-refractivity contribution >= 4 is 33.0 Å². The van der Waals surface area contributed by atoms with E-state index in [9.17, 15) is 0 Å². The van der Waals surface area contributed by atoms with Gasteiger partial charge in [0.15, 0.2) is 0 Å². The second-order valence-corrected chi connectivity index (χ2v) is 4.03. The summed E-state index contributed by atoms with van der Waals surface area (Å²) in [5.74, 6) is 0. The van der Waals surface area contributed by atoms with Crippen molar-refractivity contribution in [2.45, 2.75) is 26.7 Å². The van der Waals surface area contributed by atoms with Gasteiger partial charge in [-0.3, -0.25) is 0 Å². The topological polar surface area (TPSA) is 230 Å². The summed E-state index contributed by atoms with van der Waals surface area (Å²) in [7, 11) is -11.5. The lowest BCUT2D eigenvalue weighted by Gasteiger charge is -1.68. The van der Waals surface area contributed by atoms with E-state index in [1.54, 1.807) is 0 Å². The third kappa shape index (κ3) is 4520. The van der Waals surface area contributed by atoms with Crippen LogP contribution in [0.25, 0.3) is 0 Å². The molecule has 12 nitrogen and oxygen atoms in total. The van der Waals surface area contributed by atoms with Gasteiger partial charge in [0.1, 0.15) is 0 Å². The van der Waals surface area contributed by atoms with Crippen molar-refractivity contribution in [3.8, 4) is 0 Å². The number of unbranched alkanes of at least 4 members (excludes halogenated alkanes) is 1. The SMILES string of the molecule is CCCC.O=[P+](O)O.O=[P+](O)O.O=[P+](O)O.O=[P+](O)O. The third-order valence-electron chi connectivity index (χ3n) is 0.500. The maximum absolute atomic E-state index is 8.70. The summed E-state index contributed by atoms with van der Waals surface area (Å²) in [5, 5.41) is 0. The number of hydrogen-bond acceptors (Lipinski definition) is 4. The number of rotatable bonds is 1. The maximum atomic E-state index is 8.70. The largest absolute Gasteiger partial charge is 0.692 e. The average molecular weight is 382 g/mol. The molecule has 0 aliphatic carbocycles. The van der Waals surface area contributed by atoms with Gasteiger partial charge in [0.2, 0.25) is 0 Å². The lowest BCUT2D eigenvalue weighted by Crippen LogP contribution is -1.47. The van der Waals surface area contributed by atoms with Crippen LogP contribution in [0.5, 0.6) is 0 Å². The van der Waals surface area contributed by atoms with Crippen LogP contribution in [0.1, 0.15) is 26.7 Å². The molecule has 0 aromatic carbocycles. The highest BCUT2D eigenvalue weighted by atomic mass is 31.1. The van der Waals surface area contributed by atoms with Gasteiger partial charge in [0.05, 0.1) is 0 Å². The Morgan fingerprint density at radius 1 is 0.500 bits per heavy atom. The van der Waals surface area contributed by atoms with Crippen LogP contribution in [-0.2, 0) is 18.3 Å². The van der Waals surface area contributed by atoms with Crippen molar-refractivity contribution < 1.29 is 57.4 Å². The van der Waals surface area contributed by atoms with Crippen molar-refractivity contribution in [3.63, 3.8) is 0 Å². The normalized spacial score (nSPS) is 6.70. The Morgan fingerprint density at radius 2 is 0.550 bits per heavy atom. The van der Waals surface area contributed by atoms with Crippen molar-refractivity contribution in [3.05, 3.63) is 0 Å².